The molecule has 0 radical (unpaired) electrons. The first-order chi connectivity index (χ1) is 16.8. The highest BCUT2D eigenvalue weighted by Gasteiger charge is 2.33. The molecule has 2 fully saturated rings. The summed E-state index contributed by atoms with van der Waals surface area (Å²) in [5.41, 5.74) is 1.12. The Balaban J connectivity index is 1.24. The number of amides is 1. The number of nitrogens with zero attached hydrogens (tertiary/aromatic N) is 6. The van der Waals surface area contributed by atoms with Crippen molar-refractivity contribution in [2.75, 3.05) is 26.2 Å². The number of likely N-dealkylation sites (tertiary alicyclic amines) is 2. The molecule has 8 nitrogen and oxygen atoms in total. The third kappa shape index (κ3) is 4.53. The van der Waals surface area contributed by atoms with E-state index >= 15 is 0 Å². The maximum atomic E-state index is 14.7. The number of piperidine rings is 2. The average molecular weight is 491 g/mol. The topological polar surface area (TPSA) is 80.3 Å². The predicted molar refractivity (Wildman–Crippen MR) is 122 cm³/mol. The van der Waals surface area contributed by atoms with Gasteiger partial charge in [-0.25, -0.2) is 4.39 Å². The Hall–Kier alpha value is -2.95. The van der Waals surface area contributed by atoms with Gasteiger partial charge in [0.15, 0.2) is 0 Å². The number of halogens is 3. The van der Waals surface area contributed by atoms with Gasteiger partial charge in [-0.15, -0.1) is 0 Å². The Labute approximate surface area is 201 Å². The van der Waals surface area contributed by atoms with Crippen LogP contribution in [0.15, 0.2) is 22.7 Å². The summed E-state index contributed by atoms with van der Waals surface area (Å²) in [6.07, 6.45) is 0.107. The van der Waals surface area contributed by atoms with E-state index in [1.54, 1.807) is 6.07 Å². The number of para-hydroxylation sites is 1. The lowest BCUT2D eigenvalue weighted by atomic mass is 9.93. The number of benzene rings is 1. The van der Waals surface area contributed by atoms with Crippen molar-refractivity contribution >= 4 is 16.8 Å². The van der Waals surface area contributed by atoms with Gasteiger partial charge in [0, 0.05) is 30.4 Å². The van der Waals surface area contributed by atoms with Gasteiger partial charge in [0.2, 0.25) is 5.89 Å². The van der Waals surface area contributed by atoms with Crippen LogP contribution in [-0.2, 0) is 4.79 Å². The molecule has 0 spiro atoms. The molecule has 3 aromatic rings. The van der Waals surface area contributed by atoms with E-state index < -0.39 is 12.3 Å². The third-order valence-electron chi connectivity index (χ3n) is 7.21. The van der Waals surface area contributed by atoms with Gasteiger partial charge >= 0.3 is 6.43 Å². The van der Waals surface area contributed by atoms with E-state index in [2.05, 4.69) is 20.1 Å². The second-order valence-corrected chi connectivity index (χ2v) is 9.69. The SMILES string of the molecule is CC(C)c1nn(-c2noc(C3CCN(C4CCN(C(=O)C(F)F)CC4)CC3)n2)c2c(F)cccc12. The molecule has 11 heteroatoms. The Morgan fingerprint density at radius 3 is 2.46 bits per heavy atom. The van der Waals surface area contributed by atoms with Crippen LogP contribution in [0.5, 0.6) is 0 Å². The minimum atomic E-state index is -2.94. The van der Waals surface area contributed by atoms with Gasteiger partial charge in [-0.05, 0) is 55.9 Å². The molecule has 4 heterocycles. The lowest BCUT2D eigenvalue weighted by Gasteiger charge is -2.41. The van der Waals surface area contributed by atoms with Crippen molar-refractivity contribution in [1.82, 2.24) is 29.7 Å². The number of hydrogen-bond acceptors (Lipinski definition) is 6. The van der Waals surface area contributed by atoms with Gasteiger partial charge < -0.3 is 14.3 Å². The van der Waals surface area contributed by atoms with Gasteiger partial charge in [-0.1, -0.05) is 26.0 Å². The molecule has 1 aromatic carbocycles. The number of aromatic nitrogens is 4. The maximum absolute atomic E-state index is 14.7. The molecule has 1 amide bonds. The third-order valence-corrected chi connectivity index (χ3v) is 7.21. The Kier molecular flexibility index (Phi) is 6.52. The molecule has 5 rings (SSSR count). The highest BCUT2D eigenvalue weighted by molar-refractivity contribution is 5.84. The van der Waals surface area contributed by atoms with Gasteiger partial charge in [0.1, 0.15) is 11.3 Å². The van der Waals surface area contributed by atoms with E-state index in [0.29, 0.717) is 37.3 Å². The molecular formula is C24H29F3N6O2. The normalized spacial score (nSPS) is 18.9. The summed E-state index contributed by atoms with van der Waals surface area (Å²) in [7, 11) is 0. The van der Waals surface area contributed by atoms with Crippen LogP contribution < -0.4 is 0 Å². The summed E-state index contributed by atoms with van der Waals surface area (Å²) in [6, 6.07) is 5.20. The van der Waals surface area contributed by atoms with Crippen LogP contribution in [0.4, 0.5) is 13.2 Å². The number of alkyl halides is 2. The summed E-state index contributed by atoms with van der Waals surface area (Å²) < 4.78 is 47.0. The fourth-order valence-corrected chi connectivity index (χ4v) is 5.30. The van der Waals surface area contributed by atoms with Gasteiger partial charge in [-0.2, -0.15) is 23.5 Å². The van der Waals surface area contributed by atoms with Crippen molar-refractivity contribution in [2.45, 2.75) is 63.8 Å². The van der Waals surface area contributed by atoms with Gasteiger partial charge in [0.05, 0.1) is 5.69 Å². The van der Waals surface area contributed by atoms with Gasteiger partial charge in [0.25, 0.3) is 11.9 Å². The standard InChI is InChI=1S/C24H29F3N6O2/c1-14(2)19-17-4-3-5-18(25)20(17)33(29-19)24-28-22(35-30-24)15-6-10-31(11-7-15)16-8-12-32(13-9-16)23(34)21(26)27/h3-5,14-16,21H,6-13H2,1-2H3. The van der Waals surface area contributed by atoms with E-state index in [4.69, 9.17) is 4.52 Å². The fourth-order valence-electron chi connectivity index (χ4n) is 5.30. The number of hydrogen-bond donors (Lipinski definition) is 0. The number of carbonyl (C=O) groups excluding carboxylic acids is 1. The summed E-state index contributed by atoms with van der Waals surface area (Å²) in [5.74, 6) is -0.521. The molecule has 188 valence electrons. The van der Waals surface area contributed by atoms with Crippen LogP contribution in [0, 0.1) is 5.82 Å². The Morgan fingerprint density at radius 2 is 1.80 bits per heavy atom. The molecule has 35 heavy (non-hydrogen) atoms. The molecule has 0 N–H and O–H groups in total. The Morgan fingerprint density at radius 1 is 1.09 bits per heavy atom. The van der Waals surface area contributed by atoms with E-state index in [9.17, 15) is 18.0 Å². The van der Waals surface area contributed by atoms with E-state index in [1.165, 1.54) is 15.6 Å². The van der Waals surface area contributed by atoms with Crippen LogP contribution in [0.1, 0.15) is 63.0 Å². The molecule has 2 aliphatic rings. The summed E-state index contributed by atoms with van der Waals surface area (Å²) in [4.78, 5) is 19.7. The average Bonchev–Trinajstić information content (AvgIpc) is 3.50. The van der Waals surface area contributed by atoms with Crippen molar-refractivity contribution in [3.05, 3.63) is 35.6 Å². The van der Waals surface area contributed by atoms with Crippen LogP contribution in [-0.4, -0.2) is 74.3 Å². The largest absolute Gasteiger partial charge is 0.338 e. The number of rotatable bonds is 5. The van der Waals surface area contributed by atoms with E-state index in [0.717, 1.165) is 37.0 Å². The lowest BCUT2D eigenvalue weighted by molar-refractivity contribution is -0.144. The monoisotopic (exact) mass is 490 g/mol. The molecule has 0 aliphatic carbocycles. The first kappa shape index (κ1) is 23.8. The molecular weight excluding hydrogens is 461 g/mol. The summed E-state index contributed by atoms with van der Waals surface area (Å²) >= 11 is 0. The number of fused-ring (bicyclic) bond motifs is 1. The molecule has 0 unspecified atom stereocenters. The maximum Gasteiger partial charge on any atom is 0.315 e. The highest BCUT2D eigenvalue weighted by Crippen LogP contribution is 2.32. The van der Waals surface area contributed by atoms with Crippen LogP contribution in [0.3, 0.4) is 0 Å². The zero-order valence-corrected chi connectivity index (χ0v) is 19.8. The quantitative estimate of drug-likeness (QED) is 0.536. The molecule has 0 saturated carbocycles. The second-order valence-electron chi connectivity index (χ2n) is 9.69. The Bertz CT molecular complexity index is 1190. The number of carbonyl (C=O) groups is 1. The van der Waals surface area contributed by atoms with Crippen LogP contribution in [0.2, 0.25) is 0 Å². The summed E-state index contributed by atoms with van der Waals surface area (Å²) in [5, 5.41) is 9.44. The fraction of sp³-hybridized carbons (Fsp3) is 0.583. The van der Waals surface area contributed by atoms with Crippen LogP contribution in [0.25, 0.3) is 16.9 Å². The smallest absolute Gasteiger partial charge is 0.315 e. The van der Waals surface area contributed by atoms with Crippen molar-refractivity contribution in [1.29, 1.82) is 0 Å². The molecule has 0 bridgehead atoms. The van der Waals surface area contributed by atoms with E-state index in [-0.39, 0.29) is 29.6 Å². The molecule has 2 aromatic heterocycles. The highest BCUT2D eigenvalue weighted by atomic mass is 19.3. The predicted octanol–water partition coefficient (Wildman–Crippen LogP) is 4.11. The minimum absolute atomic E-state index is 0.0873. The zero-order valence-electron chi connectivity index (χ0n) is 19.8. The lowest BCUT2D eigenvalue weighted by Crippen LogP contribution is -2.49. The van der Waals surface area contributed by atoms with Crippen molar-refractivity contribution in [2.24, 2.45) is 0 Å². The van der Waals surface area contributed by atoms with Crippen molar-refractivity contribution in [3.8, 4) is 5.95 Å². The van der Waals surface area contributed by atoms with Crippen molar-refractivity contribution in [3.63, 3.8) is 0 Å². The van der Waals surface area contributed by atoms with Crippen LogP contribution >= 0.6 is 0 Å². The summed E-state index contributed by atoms with van der Waals surface area (Å²) in [6.45, 7) is 6.40. The van der Waals surface area contributed by atoms with Gasteiger partial charge in [-0.3, -0.25) is 4.79 Å². The zero-order chi connectivity index (χ0) is 24.7. The second kappa shape index (κ2) is 9.60. The molecule has 2 saturated heterocycles. The minimum Gasteiger partial charge on any atom is -0.338 e. The first-order valence-corrected chi connectivity index (χ1v) is 12.2. The first-order valence-electron chi connectivity index (χ1n) is 12.2. The molecule has 2 aliphatic heterocycles. The van der Waals surface area contributed by atoms with Crippen molar-refractivity contribution < 1.29 is 22.5 Å². The molecule has 0 atom stereocenters. The van der Waals surface area contributed by atoms with E-state index in [1.807, 2.05) is 19.9 Å².